The number of rotatable bonds is 6. The standard InChI is InChI=1S/C19H22N4O5S/c1-2-21-10-12-22(13-11-21)19(24)15-6-8-16(9-7-15)20-29(27,28)18-5-3-4-17(14-18)23(25)26/h3-9,14,20H,2,10-13H2,1H3. The molecule has 1 aliphatic rings. The van der Waals surface area contributed by atoms with Crippen LogP contribution >= 0.6 is 0 Å². The van der Waals surface area contributed by atoms with Crippen LogP contribution in [0, 0.1) is 10.1 Å². The first kappa shape index (κ1) is 20.7. The predicted octanol–water partition coefficient (Wildman–Crippen LogP) is 2.17. The summed E-state index contributed by atoms with van der Waals surface area (Å²) in [5.74, 6) is -0.0890. The van der Waals surface area contributed by atoms with Gasteiger partial charge in [0.15, 0.2) is 0 Å². The van der Waals surface area contributed by atoms with Crippen molar-refractivity contribution < 1.29 is 18.1 Å². The summed E-state index contributed by atoms with van der Waals surface area (Å²) in [6.45, 7) is 6.04. The molecule has 1 amide bonds. The van der Waals surface area contributed by atoms with Gasteiger partial charge in [0, 0.05) is 49.6 Å². The largest absolute Gasteiger partial charge is 0.336 e. The van der Waals surface area contributed by atoms with Crippen LogP contribution in [0.1, 0.15) is 17.3 Å². The predicted molar refractivity (Wildman–Crippen MR) is 108 cm³/mol. The third kappa shape index (κ3) is 4.90. The molecule has 1 saturated heterocycles. The summed E-state index contributed by atoms with van der Waals surface area (Å²) < 4.78 is 27.4. The fraction of sp³-hybridized carbons (Fsp3) is 0.316. The Morgan fingerprint density at radius 2 is 1.76 bits per heavy atom. The van der Waals surface area contributed by atoms with Crippen LogP contribution < -0.4 is 4.72 Å². The zero-order valence-electron chi connectivity index (χ0n) is 15.9. The molecule has 0 saturated carbocycles. The molecule has 2 aromatic rings. The summed E-state index contributed by atoms with van der Waals surface area (Å²) in [6.07, 6.45) is 0. The van der Waals surface area contributed by atoms with Gasteiger partial charge in [-0.2, -0.15) is 0 Å². The summed E-state index contributed by atoms with van der Waals surface area (Å²) >= 11 is 0. The number of nitro groups is 1. The number of nitro benzene ring substituents is 1. The number of non-ortho nitro benzene ring substituents is 1. The van der Waals surface area contributed by atoms with Crippen LogP contribution in [0.15, 0.2) is 53.4 Å². The number of anilines is 1. The van der Waals surface area contributed by atoms with Crippen molar-refractivity contribution in [2.45, 2.75) is 11.8 Å². The first-order valence-corrected chi connectivity index (χ1v) is 10.7. The van der Waals surface area contributed by atoms with Crippen molar-refractivity contribution in [3.05, 3.63) is 64.2 Å². The van der Waals surface area contributed by atoms with E-state index in [4.69, 9.17) is 0 Å². The van der Waals surface area contributed by atoms with Gasteiger partial charge in [-0.25, -0.2) is 8.42 Å². The summed E-state index contributed by atoms with van der Waals surface area (Å²) in [5.41, 5.74) is 0.439. The van der Waals surface area contributed by atoms with Crippen molar-refractivity contribution in [2.75, 3.05) is 37.4 Å². The van der Waals surface area contributed by atoms with Gasteiger partial charge in [-0.05, 0) is 36.9 Å². The van der Waals surface area contributed by atoms with E-state index < -0.39 is 14.9 Å². The van der Waals surface area contributed by atoms with E-state index in [9.17, 15) is 23.3 Å². The molecule has 0 aliphatic carbocycles. The van der Waals surface area contributed by atoms with E-state index in [1.807, 2.05) is 0 Å². The minimum atomic E-state index is -3.99. The van der Waals surface area contributed by atoms with Crippen LogP contribution in [0.4, 0.5) is 11.4 Å². The normalized spacial score (nSPS) is 15.1. The molecule has 0 aromatic heterocycles. The highest BCUT2D eigenvalue weighted by Gasteiger charge is 2.22. The molecule has 3 rings (SSSR count). The summed E-state index contributed by atoms with van der Waals surface area (Å²) in [7, 11) is -3.99. The van der Waals surface area contributed by atoms with Crippen molar-refractivity contribution in [1.82, 2.24) is 9.80 Å². The van der Waals surface area contributed by atoms with Gasteiger partial charge in [-0.15, -0.1) is 0 Å². The molecule has 1 fully saturated rings. The zero-order valence-corrected chi connectivity index (χ0v) is 16.8. The topological polar surface area (TPSA) is 113 Å². The Hall–Kier alpha value is -2.98. The zero-order chi connectivity index (χ0) is 21.0. The highest BCUT2D eigenvalue weighted by molar-refractivity contribution is 7.92. The molecule has 1 aliphatic heterocycles. The number of benzene rings is 2. The van der Waals surface area contributed by atoms with Gasteiger partial charge < -0.3 is 9.80 Å². The Bertz CT molecular complexity index is 1000. The van der Waals surface area contributed by atoms with E-state index >= 15 is 0 Å². The van der Waals surface area contributed by atoms with Crippen molar-refractivity contribution in [1.29, 1.82) is 0 Å². The van der Waals surface area contributed by atoms with Gasteiger partial charge in [0.25, 0.3) is 21.6 Å². The molecule has 0 atom stereocenters. The van der Waals surface area contributed by atoms with Crippen LogP contribution in [0.5, 0.6) is 0 Å². The maximum atomic E-state index is 12.6. The molecule has 0 spiro atoms. The van der Waals surface area contributed by atoms with E-state index in [2.05, 4.69) is 16.5 Å². The number of carbonyl (C=O) groups excluding carboxylic acids is 1. The fourth-order valence-corrected chi connectivity index (χ4v) is 4.21. The maximum absolute atomic E-state index is 12.6. The molecule has 0 radical (unpaired) electrons. The number of amides is 1. The average Bonchev–Trinajstić information content (AvgIpc) is 2.73. The lowest BCUT2D eigenvalue weighted by Gasteiger charge is -2.34. The third-order valence-electron chi connectivity index (χ3n) is 4.83. The van der Waals surface area contributed by atoms with Crippen molar-refractivity contribution in [2.24, 2.45) is 0 Å². The Kier molecular flexibility index (Phi) is 6.14. The molecule has 0 bridgehead atoms. The molecule has 29 heavy (non-hydrogen) atoms. The van der Waals surface area contributed by atoms with Crippen molar-refractivity contribution in [3.63, 3.8) is 0 Å². The molecule has 10 heteroatoms. The lowest BCUT2D eigenvalue weighted by atomic mass is 10.1. The van der Waals surface area contributed by atoms with E-state index in [1.165, 1.54) is 30.3 Å². The Labute approximate surface area is 169 Å². The number of hydrogen-bond donors (Lipinski definition) is 1. The van der Waals surface area contributed by atoms with Gasteiger partial charge in [-0.3, -0.25) is 19.6 Å². The van der Waals surface area contributed by atoms with Gasteiger partial charge in [-0.1, -0.05) is 13.0 Å². The second-order valence-corrected chi connectivity index (χ2v) is 8.35. The van der Waals surface area contributed by atoms with Gasteiger partial charge >= 0.3 is 0 Å². The average molecular weight is 418 g/mol. The molecular formula is C19H22N4O5S. The van der Waals surface area contributed by atoms with E-state index in [0.717, 1.165) is 25.7 Å². The Morgan fingerprint density at radius 1 is 1.10 bits per heavy atom. The number of likely N-dealkylation sites (N-methyl/N-ethyl adjacent to an activating group) is 1. The van der Waals surface area contributed by atoms with Crippen molar-refractivity contribution >= 4 is 27.3 Å². The number of nitrogens with zero attached hydrogens (tertiary/aromatic N) is 3. The minimum absolute atomic E-state index is 0.0890. The lowest BCUT2D eigenvalue weighted by molar-refractivity contribution is -0.385. The Morgan fingerprint density at radius 3 is 2.34 bits per heavy atom. The molecule has 2 aromatic carbocycles. The molecule has 0 unspecified atom stereocenters. The summed E-state index contributed by atoms with van der Waals surface area (Å²) in [5, 5.41) is 10.9. The highest BCUT2D eigenvalue weighted by Crippen LogP contribution is 2.21. The minimum Gasteiger partial charge on any atom is -0.336 e. The fourth-order valence-electron chi connectivity index (χ4n) is 3.11. The quantitative estimate of drug-likeness (QED) is 0.568. The molecule has 1 heterocycles. The second-order valence-electron chi connectivity index (χ2n) is 6.66. The highest BCUT2D eigenvalue weighted by atomic mass is 32.2. The second kappa shape index (κ2) is 8.58. The molecule has 154 valence electrons. The van der Waals surface area contributed by atoms with E-state index in [0.29, 0.717) is 18.7 Å². The lowest BCUT2D eigenvalue weighted by Crippen LogP contribution is -2.48. The molecular weight excluding hydrogens is 396 g/mol. The summed E-state index contributed by atoms with van der Waals surface area (Å²) in [4.78, 5) is 26.7. The maximum Gasteiger partial charge on any atom is 0.270 e. The van der Waals surface area contributed by atoms with E-state index in [-0.39, 0.29) is 22.2 Å². The van der Waals surface area contributed by atoms with Crippen LogP contribution in [0.25, 0.3) is 0 Å². The number of hydrogen-bond acceptors (Lipinski definition) is 6. The number of piperazine rings is 1. The van der Waals surface area contributed by atoms with Crippen LogP contribution in [-0.2, 0) is 10.0 Å². The number of sulfonamides is 1. The smallest absolute Gasteiger partial charge is 0.270 e. The van der Waals surface area contributed by atoms with Crippen molar-refractivity contribution in [3.8, 4) is 0 Å². The van der Waals surface area contributed by atoms with Crippen LogP contribution in [-0.4, -0.2) is 61.8 Å². The Balaban J connectivity index is 1.69. The first-order valence-electron chi connectivity index (χ1n) is 9.19. The van der Waals surface area contributed by atoms with Gasteiger partial charge in [0.1, 0.15) is 0 Å². The monoisotopic (exact) mass is 418 g/mol. The van der Waals surface area contributed by atoms with E-state index in [1.54, 1.807) is 17.0 Å². The van der Waals surface area contributed by atoms with Gasteiger partial charge in [0.2, 0.25) is 0 Å². The van der Waals surface area contributed by atoms with Crippen LogP contribution in [0.2, 0.25) is 0 Å². The SMILES string of the molecule is CCN1CCN(C(=O)c2ccc(NS(=O)(=O)c3cccc([N+](=O)[O-])c3)cc2)CC1. The first-order chi connectivity index (χ1) is 13.8. The summed E-state index contributed by atoms with van der Waals surface area (Å²) in [6, 6.07) is 11.0. The number of carbonyl (C=O) groups is 1. The third-order valence-corrected chi connectivity index (χ3v) is 6.21. The van der Waals surface area contributed by atoms with Crippen LogP contribution in [0.3, 0.4) is 0 Å². The number of nitrogens with one attached hydrogen (secondary N) is 1. The molecule has 9 nitrogen and oxygen atoms in total. The molecule has 1 N–H and O–H groups in total. The van der Waals surface area contributed by atoms with Gasteiger partial charge in [0.05, 0.1) is 9.82 Å².